The fourth-order valence-electron chi connectivity index (χ4n) is 1.02. The molecule has 1 heterocycles. The Morgan fingerprint density at radius 3 is 2.85 bits per heavy atom. The minimum Gasteiger partial charge on any atom is -0.493 e. The van der Waals surface area contributed by atoms with Gasteiger partial charge in [-0.1, -0.05) is 19.4 Å². The Balaban J connectivity index is 2.72. The van der Waals surface area contributed by atoms with Gasteiger partial charge in [0, 0.05) is 12.5 Å². The first kappa shape index (κ1) is 10.0. The number of rotatable bonds is 2. The van der Waals surface area contributed by atoms with Crippen molar-refractivity contribution in [3.8, 4) is 0 Å². The highest BCUT2D eigenvalue weighted by molar-refractivity contribution is 5.91. The van der Waals surface area contributed by atoms with E-state index in [1.54, 1.807) is 6.08 Å². The second-order valence-corrected chi connectivity index (χ2v) is 3.65. The monoisotopic (exact) mass is 180 g/mol. The summed E-state index contributed by atoms with van der Waals surface area (Å²) in [7, 11) is 0. The SMILES string of the molecule is CC(=CC1=CC(=O)CCO1)C(C)C. The summed E-state index contributed by atoms with van der Waals surface area (Å²) in [5.41, 5.74) is 1.24. The highest BCUT2D eigenvalue weighted by Crippen LogP contribution is 2.15. The van der Waals surface area contributed by atoms with Crippen LogP contribution in [-0.4, -0.2) is 12.4 Å². The van der Waals surface area contributed by atoms with E-state index in [-0.39, 0.29) is 5.78 Å². The van der Waals surface area contributed by atoms with Crippen LogP contribution >= 0.6 is 0 Å². The normalized spacial score (nSPS) is 18.6. The van der Waals surface area contributed by atoms with Crippen molar-refractivity contribution in [2.75, 3.05) is 6.61 Å². The van der Waals surface area contributed by atoms with E-state index < -0.39 is 0 Å². The maximum absolute atomic E-state index is 11.0. The summed E-state index contributed by atoms with van der Waals surface area (Å²) in [4.78, 5) is 11.0. The van der Waals surface area contributed by atoms with Gasteiger partial charge >= 0.3 is 0 Å². The van der Waals surface area contributed by atoms with Crippen LogP contribution in [0.5, 0.6) is 0 Å². The number of allylic oxidation sites excluding steroid dienone is 3. The predicted molar refractivity (Wildman–Crippen MR) is 52.3 cm³/mol. The summed E-state index contributed by atoms with van der Waals surface area (Å²) in [6.07, 6.45) is 4.04. The van der Waals surface area contributed by atoms with Crippen LogP contribution in [-0.2, 0) is 9.53 Å². The molecule has 0 saturated carbocycles. The Labute approximate surface area is 79.3 Å². The van der Waals surface area contributed by atoms with Gasteiger partial charge in [-0.3, -0.25) is 4.79 Å². The van der Waals surface area contributed by atoms with Gasteiger partial charge in [0.05, 0.1) is 6.61 Å². The van der Waals surface area contributed by atoms with Gasteiger partial charge in [0.2, 0.25) is 0 Å². The van der Waals surface area contributed by atoms with Gasteiger partial charge in [-0.2, -0.15) is 0 Å². The number of ketones is 1. The second kappa shape index (κ2) is 4.26. The van der Waals surface area contributed by atoms with E-state index in [2.05, 4.69) is 13.8 Å². The maximum atomic E-state index is 11.0. The van der Waals surface area contributed by atoms with Gasteiger partial charge in [0.1, 0.15) is 5.76 Å². The first-order chi connectivity index (χ1) is 6.09. The Morgan fingerprint density at radius 1 is 1.62 bits per heavy atom. The summed E-state index contributed by atoms with van der Waals surface area (Å²) in [6.45, 7) is 6.81. The second-order valence-electron chi connectivity index (χ2n) is 3.65. The van der Waals surface area contributed by atoms with Gasteiger partial charge in [-0.25, -0.2) is 0 Å². The molecule has 2 heteroatoms. The first-order valence-electron chi connectivity index (χ1n) is 4.65. The molecule has 0 amide bonds. The standard InChI is InChI=1S/C11H16O2/c1-8(2)9(3)6-11-7-10(12)4-5-13-11/h6-8H,4-5H2,1-3H3. The summed E-state index contributed by atoms with van der Waals surface area (Å²) in [5, 5.41) is 0. The lowest BCUT2D eigenvalue weighted by atomic mass is 10.0. The maximum Gasteiger partial charge on any atom is 0.162 e. The molecule has 0 radical (unpaired) electrons. The van der Waals surface area contributed by atoms with Crippen molar-refractivity contribution in [3.05, 3.63) is 23.5 Å². The van der Waals surface area contributed by atoms with Crippen molar-refractivity contribution in [1.82, 2.24) is 0 Å². The zero-order valence-electron chi connectivity index (χ0n) is 8.46. The summed E-state index contributed by atoms with van der Waals surface area (Å²) in [5.74, 6) is 1.37. The molecule has 0 aromatic carbocycles. The number of carbonyl (C=O) groups excluding carboxylic acids is 1. The van der Waals surface area contributed by atoms with Crippen molar-refractivity contribution >= 4 is 5.78 Å². The Morgan fingerprint density at radius 2 is 2.31 bits per heavy atom. The van der Waals surface area contributed by atoms with Crippen molar-refractivity contribution in [1.29, 1.82) is 0 Å². The van der Waals surface area contributed by atoms with E-state index in [9.17, 15) is 4.79 Å². The topological polar surface area (TPSA) is 26.3 Å². The van der Waals surface area contributed by atoms with E-state index in [1.807, 2.05) is 13.0 Å². The highest BCUT2D eigenvalue weighted by atomic mass is 16.5. The first-order valence-corrected chi connectivity index (χ1v) is 4.65. The van der Waals surface area contributed by atoms with Gasteiger partial charge in [0.15, 0.2) is 5.78 Å². The number of carbonyl (C=O) groups is 1. The third-order valence-electron chi connectivity index (χ3n) is 2.20. The molecule has 0 N–H and O–H groups in total. The lowest BCUT2D eigenvalue weighted by molar-refractivity contribution is -0.116. The Hall–Kier alpha value is -1.05. The van der Waals surface area contributed by atoms with Crippen LogP contribution in [0.25, 0.3) is 0 Å². The predicted octanol–water partition coefficient (Wildman–Crippen LogP) is 2.46. The van der Waals surface area contributed by atoms with Crippen molar-refractivity contribution in [2.45, 2.75) is 27.2 Å². The summed E-state index contributed by atoms with van der Waals surface area (Å²) < 4.78 is 5.33. The van der Waals surface area contributed by atoms with Crippen LogP contribution in [0, 0.1) is 5.92 Å². The molecule has 2 nitrogen and oxygen atoms in total. The van der Waals surface area contributed by atoms with Crippen LogP contribution in [0.3, 0.4) is 0 Å². The van der Waals surface area contributed by atoms with Crippen LogP contribution < -0.4 is 0 Å². The fraction of sp³-hybridized carbons (Fsp3) is 0.545. The van der Waals surface area contributed by atoms with Gasteiger partial charge in [-0.15, -0.1) is 0 Å². The van der Waals surface area contributed by atoms with Gasteiger partial charge < -0.3 is 4.74 Å². The van der Waals surface area contributed by atoms with Gasteiger partial charge in [0.25, 0.3) is 0 Å². The Bertz CT molecular complexity index is 259. The summed E-state index contributed by atoms with van der Waals surface area (Å²) >= 11 is 0. The average Bonchev–Trinajstić information content (AvgIpc) is 2.04. The van der Waals surface area contributed by atoms with Crippen molar-refractivity contribution in [3.63, 3.8) is 0 Å². The van der Waals surface area contributed by atoms with Crippen molar-refractivity contribution in [2.24, 2.45) is 5.92 Å². The van der Waals surface area contributed by atoms with E-state index in [0.717, 1.165) is 0 Å². The molecule has 0 saturated heterocycles. The molecule has 0 aliphatic carbocycles. The molecule has 0 aromatic rings. The van der Waals surface area contributed by atoms with Crippen LogP contribution in [0.1, 0.15) is 27.2 Å². The smallest absolute Gasteiger partial charge is 0.162 e. The quantitative estimate of drug-likeness (QED) is 0.652. The van der Waals surface area contributed by atoms with Gasteiger partial charge in [-0.05, 0) is 18.9 Å². The lowest BCUT2D eigenvalue weighted by Gasteiger charge is -2.13. The lowest BCUT2D eigenvalue weighted by Crippen LogP contribution is -2.09. The van der Waals surface area contributed by atoms with Crippen LogP contribution in [0.2, 0.25) is 0 Å². The van der Waals surface area contributed by atoms with E-state index in [4.69, 9.17) is 4.74 Å². The number of hydrogen-bond acceptors (Lipinski definition) is 2. The molecule has 0 bridgehead atoms. The molecule has 0 unspecified atom stereocenters. The molecule has 0 aromatic heterocycles. The van der Waals surface area contributed by atoms with E-state index >= 15 is 0 Å². The third-order valence-corrected chi connectivity index (χ3v) is 2.20. The van der Waals surface area contributed by atoms with E-state index in [0.29, 0.717) is 24.7 Å². The molecule has 13 heavy (non-hydrogen) atoms. The largest absolute Gasteiger partial charge is 0.493 e. The molecular formula is C11H16O2. The van der Waals surface area contributed by atoms with Crippen molar-refractivity contribution < 1.29 is 9.53 Å². The number of ether oxygens (including phenoxy) is 1. The third kappa shape index (κ3) is 3.05. The van der Waals surface area contributed by atoms with E-state index in [1.165, 1.54) is 5.57 Å². The highest BCUT2D eigenvalue weighted by Gasteiger charge is 2.09. The molecule has 0 spiro atoms. The summed E-state index contributed by atoms with van der Waals surface area (Å²) in [6, 6.07) is 0. The molecule has 0 atom stereocenters. The van der Waals surface area contributed by atoms with Crippen LogP contribution in [0.4, 0.5) is 0 Å². The molecule has 1 rings (SSSR count). The molecule has 1 aliphatic rings. The minimum absolute atomic E-state index is 0.161. The zero-order valence-corrected chi connectivity index (χ0v) is 8.46. The number of hydrogen-bond donors (Lipinski definition) is 0. The molecule has 72 valence electrons. The molecular weight excluding hydrogens is 164 g/mol. The minimum atomic E-state index is 0.161. The molecule has 1 aliphatic heterocycles. The average molecular weight is 180 g/mol. The Kier molecular flexibility index (Phi) is 3.29. The van der Waals surface area contributed by atoms with Crippen LogP contribution in [0.15, 0.2) is 23.5 Å². The molecule has 0 fully saturated rings. The fourth-order valence-corrected chi connectivity index (χ4v) is 1.02. The zero-order chi connectivity index (χ0) is 9.84.